The zero-order chi connectivity index (χ0) is 31.7. The molecule has 10 heteroatoms. The van der Waals surface area contributed by atoms with Crippen LogP contribution in [0.4, 0.5) is 5.69 Å². The fourth-order valence-electron chi connectivity index (χ4n) is 4.91. The van der Waals surface area contributed by atoms with Gasteiger partial charge in [-0.05, 0) is 66.9 Å². The van der Waals surface area contributed by atoms with Crippen molar-refractivity contribution in [3.8, 4) is 5.75 Å². The molecule has 0 aliphatic rings. The molecule has 230 valence electrons. The molecule has 4 aromatic carbocycles. The Hall–Kier alpha value is -4.15. The number of hydrogen-bond donors (Lipinski definition) is 1. The highest BCUT2D eigenvalue weighted by Gasteiger charge is 2.35. The van der Waals surface area contributed by atoms with Crippen LogP contribution in [0.3, 0.4) is 0 Å². The Bertz CT molecular complexity index is 1680. The standard InChI is InChI=1S/C34H36BrN3O5S/c1-4-36-34(40)31(22-26-12-7-5-8-13-26)37(23-27-14-11-15-28(35)21-27)33(39)24-38(30-20-25(2)18-19-32(30)43-3)44(41,42)29-16-9-6-10-17-29/h5-21,31H,4,22-24H2,1-3H3,(H,36,40)/t31-/m1/s1. The minimum absolute atomic E-state index is 0.0273. The van der Waals surface area contributed by atoms with Crippen LogP contribution in [0.2, 0.25) is 0 Å². The average Bonchev–Trinajstić information content (AvgIpc) is 3.02. The number of ether oxygens (including phenoxy) is 1. The highest BCUT2D eigenvalue weighted by Crippen LogP contribution is 2.34. The molecule has 4 rings (SSSR count). The van der Waals surface area contributed by atoms with Crippen molar-refractivity contribution in [3.63, 3.8) is 0 Å². The number of benzene rings is 4. The van der Waals surface area contributed by atoms with Gasteiger partial charge in [0.15, 0.2) is 0 Å². The number of nitrogens with one attached hydrogen (secondary N) is 1. The smallest absolute Gasteiger partial charge is 0.264 e. The van der Waals surface area contributed by atoms with E-state index in [9.17, 15) is 18.0 Å². The molecule has 0 aromatic heterocycles. The van der Waals surface area contributed by atoms with Crippen molar-refractivity contribution < 1.29 is 22.7 Å². The number of hydrogen-bond acceptors (Lipinski definition) is 5. The van der Waals surface area contributed by atoms with Crippen molar-refractivity contribution in [2.24, 2.45) is 0 Å². The van der Waals surface area contributed by atoms with E-state index in [1.54, 1.807) is 30.3 Å². The number of rotatable bonds is 13. The molecule has 2 amide bonds. The molecule has 44 heavy (non-hydrogen) atoms. The molecule has 0 heterocycles. The molecule has 1 atom stereocenters. The van der Waals surface area contributed by atoms with E-state index in [2.05, 4.69) is 21.2 Å². The van der Waals surface area contributed by atoms with E-state index in [4.69, 9.17) is 4.74 Å². The topological polar surface area (TPSA) is 96.0 Å². The number of anilines is 1. The third-order valence-electron chi connectivity index (χ3n) is 7.08. The maximum Gasteiger partial charge on any atom is 0.264 e. The van der Waals surface area contributed by atoms with Gasteiger partial charge in [0.25, 0.3) is 10.0 Å². The Morgan fingerprint density at radius 2 is 1.55 bits per heavy atom. The summed E-state index contributed by atoms with van der Waals surface area (Å²) in [6, 6.07) is 29.1. The third kappa shape index (κ3) is 8.06. The second-order valence-electron chi connectivity index (χ2n) is 10.3. The van der Waals surface area contributed by atoms with Crippen LogP contribution in [-0.4, -0.2) is 51.4 Å². The Kier molecular flexibility index (Phi) is 11.2. The summed E-state index contributed by atoms with van der Waals surface area (Å²) in [6.07, 6.45) is 0.242. The van der Waals surface area contributed by atoms with Gasteiger partial charge in [0.05, 0.1) is 17.7 Å². The fourth-order valence-corrected chi connectivity index (χ4v) is 6.79. The van der Waals surface area contributed by atoms with Gasteiger partial charge in [-0.25, -0.2) is 8.42 Å². The maximum atomic E-state index is 14.5. The summed E-state index contributed by atoms with van der Waals surface area (Å²) in [7, 11) is -2.78. The quantitative estimate of drug-likeness (QED) is 0.195. The number of amides is 2. The molecule has 0 saturated heterocycles. The number of aryl methyl sites for hydroxylation is 1. The number of carbonyl (C=O) groups is 2. The van der Waals surface area contributed by atoms with Crippen LogP contribution in [-0.2, 0) is 32.6 Å². The molecular formula is C34H36BrN3O5S. The molecule has 0 saturated carbocycles. The Balaban J connectivity index is 1.84. The summed E-state index contributed by atoms with van der Waals surface area (Å²) >= 11 is 3.50. The Morgan fingerprint density at radius 1 is 0.886 bits per heavy atom. The van der Waals surface area contributed by atoms with Crippen molar-refractivity contribution in [1.29, 1.82) is 0 Å². The number of carbonyl (C=O) groups excluding carboxylic acids is 2. The first-order valence-corrected chi connectivity index (χ1v) is 16.4. The monoisotopic (exact) mass is 677 g/mol. The SMILES string of the molecule is CCNC(=O)[C@@H](Cc1ccccc1)N(Cc1cccc(Br)c1)C(=O)CN(c1cc(C)ccc1OC)S(=O)(=O)c1ccccc1. The van der Waals surface area contributed by atoms with Crippen molar-refractivity contribution >= 4 is 43.5 Å². The first kappa shape index (κ1) is 32.8. The molecule has 4 aromatic rings. The minimum atomic E-state index is -4.23. The van der Waals surface area contributed by atoms with E-state index >= 15 is 0 Å². The zero-order valence-electron chi connectivity index (χ0n) is 24.9. The third-order valence-corrected chi connectivity index (χ3v) is 9.34. The van der Waals surface area contributed by atoms with Gasteiger partial charge in [-0.3, -0.25) is 13.9 Å². The molecule has 0 unspecified atom stereocenters. The van der Waals surface area contributed by atoms with Crippen LogP contribution in [0.5, 0.6) is 5.75 Å². The van der Waals surface area contributed by atoms with Gasteiger partial charge >= 0.3 is 0 Å². The van der Waals surface area contributed by atoms with E-state index in [0.29, 0.717) is 12.3 Å². The highest BCUT2D eigenvalue weighted by atomic mass is 79.9. The van der Waals surface area contributed by atoms with E-state index < -0.39 is 28.5 Å². The van der Waals surface area contributed by atoms with Gasteiger partial charge in [0.1, 0.15) is 18.3 Å². The average molecular weight is 679 g/mol. The molecule has 0 radical (unpaired) electrons. The van der Waals surface area contributed by atoms with Crippen LogP contribution < -0.4 is 14.4 Å². The molecule has 0 fully saturated rings. The van der Waals surface area contributed by atoms with Gasteiger partial charge in [0, 0.05) is 24.0 Å². The number of methoxy groups -OCH3 is 1. The van der Waals surface area contributed by atoms with E-state index in [1.165, 1.54) is 24.1 Å². The van der Waals surface area contributed by atoms with Crippen LogP contribution in [0.15, 0.2) is 112 Å². The predicted octanol–water partition coefficient (Wildman–Crippen LogP) is 5.74. The maximum absolute atomic E-state index is 14.5. The largest absolute Gasteiger partial charge is 0.495 e. The number of nitrogens with zero attached hydrogens (tertiary/aromatic N) is 2. The van der Waals surface area contributed by atoms with Gasteiger partial charge in [0.2, 0.25) is 11.8 Å². The minimum Gasteiger partial charge on any atom is -0.495 e. The lowest BCUT2D eigenvalue weighted by Gasteiger charge is -2.34. The first-order valence-electron chi connectivity index (χ1n) is 14.2. The molecule has 1 N–H and O–H groups in total. The molecule has 0 spiro atoms. The van der Waals surface area contributed by atoms with Gasteiger partial charge < -0.3 is 15.0 Å². The van der Waals surface area contributed by atoms with Crippen molar-refractivity contribution in [2.45, 2.75) is 37.8 Å². The van der Waals surface area contributed by atoms with Gasteiger partial charge in [-0.15, -0.1) is 0 Å². The van der Waals surface area contributed by atoms with Crippen LogP contribution in [0.25, 0.3) is 0 Å². The lowest BCUT2D eigenvalue weighted by atomic mass is 10.0. The highest BCUT2D eigenvalue weighted by molar-refractivity contribution is 9.10. The summed E-state index contributed by atoms with van der Waals surface area (Å²) in [6.45, 7) is 3.55. The van der Waals surface area contributed by atoms with Crippen LogP contribution in [0, 0.1) is 6.92 Å². The van der Waals surface area contributed by atoms with Crippen molar-refractivity contribution in [3.05, 3.63) is 124 Å². The molecular weight excluding hydrogens is 642 g/mol. The number of halogens is 1. The van der Waals surface area contributed by atoms with Crippen molar-refractivity contribution in [2.75, 3.05) is 24.5 Å². The van der Waals surface area contributed by atoms with Crippen molar-refractivity contribution in [1.82, 2.24) is 10.2 Å². The van der Waals surface area contributed by atoms with Gasteiger partial charge in [-0.2, -0.15) is 0 Å². The summed E-state index contributed by atoms with van der Waals surface area (Å²) < 4.78 is 35.8. The Labute approximate surface area is 267 Å². The van der Waals surface area contributed by atoms with E-state index in [-0.39, 0.29) is 29.5 Å². The first-order chi connectivity index (χ1) is 21.1. The zero-order valence-corrected chi connectivity index (χ0v) is 27.3. The number of likely N-dealkylation sites (N-methyl/N-ethyl adjacent to an activating group) is 1. The molecule has 0 aliphatic carbocycles. The Morgan fingerprint density at radius 3 is 2.18 bits per heavy atom. The summed E-state index contributed by atoms with van der Waals surface area (Å²) in [5.74, 6) is -0.573. The predicted molar refractivity (Wildman–Crippen MR) is 176 cm³/mol. The lowest BCUT2D eigenvalue weighted by molar-refractivity contribution is -0.140. The molecule has 0 aliphatic heterocycles. The second-order valence-corrected chi connectivity index (χ2v) is 13.0. The molecule has 0 bridgehead atoms. The molecule has 8 nitrogen and oxygen atoms in total. The van der Waals surface area contributed by atoms with Crippen LogP contribution in [0.1, 0.15) is 23.6 Å². The summed E-state index contributed by atoms with van der Waals surface area (Å²) in [5, 5.41) is 2.87. The van der Waals surface area contributed by atoms with E-state index in [0.717, 1.165) is 25.5 Å². The second kappa shape index (κ2) is 15.0. The fraction of sp³-hybridized carbons (Fsp3) is 0.235. The lowest BCUT2D eigenvalue weighted by Crippen LogP contribution is -2.53. The number of sulfonamides is 1. The normalized spacial score (nSPS) is 11.8. The van der Waals surface area contributed by atoms with Gasteiger partial charge in [-0.1, -0.05) is 82.7 Å². The van der Waals surface area contributed by atoms with Crippen LogP contribution >= 0.6 is 15.9 Å². The summed E-state index contributed by atoms with van der Waals surface area (Å²) in [5.41, 5.74) is 2.66. The van der Waals surface area contributed by atoms with E-state index in [1.807, 2.05) is 74.5 Å². The summed E-state index contributed by atoms with van der Waals surface area (Å²) in [4.78, 5) is 29.6.